The van der Waals surface area contributed by atoms with Gasteiger partial charge in [-0.25, -0.2) is 0 Å². The average Bonchev–Trinajstić information content (AvgIpc) is 3.33. The lowest BCUT2D eigenvalue weighted by atomic mass is 10.1. The summed E-state index contributed by atoms with van der Waals surface area (Å²) < 4.78 is 0. The first-order valence-electron chi connectivity index (χ1n) is 7.20. The van der Waals surface area contributed by atoms with Crippen LogP contribution in [0.25, 0.3) is 0 Å². The van der Waals surface area contributed by atoms with Crippen LogP contribution in [0, 0.1) is 5.92 Å². The Morgan fingerprint density at radius 3 is 2.33 bits per heavy atom. The minimum Gasteiger partial charge on any atom is -0.398 e. The second-order valence-electron chi connectivity index (χ2n) is 5.60. The van der Waals surface area contributed by atoms with Crippen molar-refractivity contribution < 1.29 is 9.59 Å². The Labute approximate surface area is 128 Å². The minimum atomic E-state index is -0.120. The van der Waals surface area contributed by atoms with Crippen molar-refractivity contribution in [2.75, 3.05) is 31.9 Å². The van der Waals surface area contributed by atoms with E-state index in [1.54, 1.807) is 23.1 Å². The van der Waals surface area contributed by atoms with Crippen LogP contribution in [-0.2, 0) is 4.79 Å². The van der Waals surface area contributed by atoms with Gasteiger partial charge in [0.25, 0.3) is 5.91 Å². The van der Waals surface area contributed by atoms with E-state index in [-0.39, 0.29) is 17.7 Å². The van der Waals surface area contributed by atoms with Gasteiger partial charge in [0.1, 0.15) is 0 Å². The van der Waals surface area contributed by atoms with E-state index >= 15 is 0 Å². The summed E-state index contributed by atoms with van der Waals surface area (Å²) in [5, 5.41) is 0.305. The molecule has 1 aromatic rings. The first-order valence-corrected chi connectivity index (χ1v) is 7.58. The highest BCUT2D eigenvalue weighted by molar-refractivity contribution is 6.36. The van der Waals surface area contributed by atoms with E-state index in [0.29, 0.717) is 42.5 Å². The number of benzene rings is 1. The first kappa shape index (κ1) is 14.2. The Balaban J connectivity index is 1.64. The molecule has 112 valence electrons. The third-order valence-electron chi connectivity index (χ3n) is 4.06. The maximum Gasteiger partial charge on any atom is 0.255 e. The zero-order valence-corrected chi connectivity index (χ0v) is 12.5. The van der Waals surface area contributed by atoms with Crippen molar-refractivity contribution in [3.8, 4) is 0 Å². The quantitative estimate of drug-likeness (QED) is 0.844. The number of hydrogen-bond acceptors (Lipinski definition) is 3. The molecule has 21 heavy (non-hydrogen) atoms. The zero-order valence-electron chi connectivity index (χ0n) is 11.7. The predicted octanol–water partition coefficient (Wildman–Crippen LogP) is 1.62. The van der Waals surface area contributed by atoms with Gasteiger partial charge in [0.05, 0.1) is 16.3 Å². The van der Waals surface area contributed by atoms with Crippen LogP contribution >= 0.6 is 11.6 Å². The summed E-state index contributed by atoms with van der Waals surface area (Å²) in [5.74, 6) is 0.352. The van der Waals surface area contributed by atoms with E-state index in [0.717, 1.165) is 12.8 Å². The molecule has 1 saturated carbocycles. The largest absolute Gasteiger partial charge is 0.398 e. The molecule has 6 heteroatoms. The van der Waals surface area contributed by atoms with Crippen LogP contribution in [0.5, 0.6) is 0 Å². The van der Waals surface area contributed by atoms with E-state index < -0.39 is 0 Å². The molecule has 1 aliphatic heterocycles. The van der Waals surface area contributed by atoms with Crippen molar-refractivity contribution in [2.45, 2.75) is 12.8 Å². The fourth-order valence-corrected chi connectivity index (χ4v) is 2.81. The van der Waals surface area contributed by atoms with Gasteiger partial charge in [0.2, 0.25) is 5.91 Å². The molecule has 1 heterocycles. The maximum absolute atomic E-state index is 12.5. The molecule has 2 fully saturated rings. The molecule has 0 radical (unpaired) electrons. The van der Waals surface area contributed by atoms with Crippen LogP contribution in [0.4, 0.5) is 5.69 Å². The minimum absolute atomic E-state index is 0.120. The van der Waals surface area contributed by atoms with E-state index in [4.69, 9.17) is 17.3 Å². The maximum atomic E-state index is 12.5. The summed E-state index contributed by atoms with van der Waals surface area (Å²) in [6.45, 7) is 2.28. The Bertz CT molecular complexity index is 578. The van der Waals surface area contributed by atoms with E-state index in [2.05, 4.69) is 0 Å². The molecule has 0 aromatic heterocycles. The van der Waals surface area contributed by atoms with Crippen molar-refractivity contribution in [1.29, 1.82) is 0 Å². The molecule has 5 nitrogen and oxygen atoms in total. The number of hydrogen-bond donors (Lipinski definition) is 1. The summed E-state index contributed by atoms with van der Waals surface area (Å²) in [6.07, 6.45) is 2.02. The van der Waals surface area contributed by atoms with Gasteiger partial charge < -0.3 is 15.5 Å². The van der Waals surface area contributed by atoms with Crippen molar-refractivity contribution in [1.82, 2.24) is 9.80 Å². The monoisotopic (exact) mass is 307 g/mol. The van der Waals surface area contributed by atoms with Crippen molar-refractivity contribution in [2.24, 2.45) is 5.92 Å². The lowest BCUT2D eigenvalue weighted by molar-refractivity contribution is -0.134. The Hall–Kier alpha value is -1.75. The molecule has 3 rings (SSSR count). The lowest BCUT2D eigenvalue weighted by Crippen LogP contribution is -2.51. The predicted molar refractivity (Wildman–Crippen MR) is 81.1 cm³/mol. The van der Waals surface area contributed by atoms with Crippen LogP contribution in [0.1, 0.15) is 23.2 Å². The third kappa shape index (κ3) is 2.83. The topological polar surface area (TPSA) is 66.6 Å². The molecular formula is C15H18ClN3O2. The van der Waals surface area contributed by atoms with Crippen molar-refractivity contribution in [3.05, 3.63) is 28.8 Å². The normalized spacial score (nSPS) is 18.7. The van der Waals surface area contributed by atoms with E-state index in [1.165, 1.54) is 0 Å². The van der Waals surface area contributed by atoms with Gasteiger partial charge >= 0.3 is 0 Å². The lowest BCUT2D eigenvalue weighted by Gasteiger charge is -2.35. The molecule has 1 saturated heterocycles. The highest BCUT2D eigenvalue weighted by Gasteiger charge is 2.35. The molecule has 0 bridgehead atoms. The molecule has 2 aliphatic rings. The zero-order chi connectivity index (χ0) is 15.0. The van der Waals surface area contributed by atoms with E-state index in [1.807, 2.05) is 4.90 Å². The van der Waals surface area contributed by atoms with Gasteiger partial charge in [-0.05, 0) is 25.0 Å². The van der Waals surface area contributed by atoms with Gasteiger partial charge in [0, 0.05) is 32.1 Å². The molecule has 0 spiro atoms. The number of piperazine rings is 1. The number of rotatable bonds is 2. The number of carbonyl (C=O) groups excluding carboxylic acids is 2. The molecule has 2 amide bonds. The Morgan fingerprint density at radius 2 is 1.71 bits per heavy atom. The smallest absolute Gasteiger partial charge is 0.255 e. The summed E-state index contributed by atoms with van der Waals surface area (Å²) in [7, 11) is 0. The molecular weight excluding hydrogens is 290 g/mol. The standard InChI is InChI=1S/C15H18ClN3O2/c16-13-11(2-1-3-12(13)17)15(21)19-8-6-18(7-9-19)14(20)10-4-5-10/h1-3,10H,4-9,17H2. The van der Waals surface area contributed by atoms with Crippen molar-refractivity contribution in [3.63, 3.8) is 0 Å². The second kappa shape index (κ2) is 5.56. The highest BCUT2D eigenvalue weighted by atomic mass is 35.5. The Kier molecular flexibility index (Phi) is 3.76. The van der Waals surface area contributed by atoms with Gasteiger partial charge in [-0.1, -0.05) is 17.7 Å². The summed E-state index contributed by atoms with van der Waals surface area (Å²) in [6, 6.07) is 5.08. The van der Waals surface area contributed by atoms with Crippen LogP contribution in [0.2, 0.25) is 5.02 Å². The Morgan fingerprint density at radius 1 is 1.10 bits per heavy atom. The van der Waals surface area contributed by atoms with Gasteiger partial charge in [-0.2, -0.15) is 0 Å². The van der Waals surface area contributed by atoms with Gasteiger partial charge in [-0.15, -0.1) is 0 Å². The number of amides is 2. The highest BCUT2D eigenvalue weighted by Crippen LogP contribution is 2.31. The van der Waals surface area contributed by atoms with Crippen LogP contribution < -0.4 is 5.73 Å². The SMILES string of the molecule is Nc1cccc(C(=O)N2CCN(C(=O)C3CC3)CC2)c1Cl. The summed E-state index contributed by atoms with van der Waals surface area (Å²) in [4.78, 5) is 28.1. The van der Waals surface area contributed by atoms with Crippen LogP contribution in [-0.4, -0.2) is 47.8 Å². The first-order chi connectivity index (χ1) is 10.1. The van der Waals surface area contributed by atoms with E-state index in [9.17, 15) is 9.59 Å². The molecule has 0 atom stereocenters. The van der Waals surface area contributed by atoms with Crippen LogP contribution in [0.3, 0.4) is 0 Å². The average molecular weight is 308 g/mol. The number of anilines is 1. The second-order valence-corrected chi connectivity index (χ2v) is 5.98. The fourth-order valence-electron chi connectivity index (χ4n) is 2.60. The molecule has 1 aromatic carbocycles. The number of carbonyl (C=O) groups is 2. The molecule has 0 unspecified atom stereocenters. The molecule has 2 N–H and O–H groups in total. The number of nitrogen functional groups attached to an aromatic ring is 1. The number of nitrogens with zero attached hydrogens (tertiary/aromatic N) is 2. The van der Waals surface area contributed by atoms with Crippen molar-refractivity contribution >= 4 is 29.1 Å². The number of nitrogens with two attached hydrogens (primary N) is 1. The summed E-state index contributed by atoms with van der Waals surface area (Å²) >= 11 is 6.10. The van der Waals surface area contributed by atoms with Gasteiger partial charge in [-0.3, -0.25) is 9.59 Å². The fraction of sp³-hybridized carbons (Fsp3) is 0.467. The van der Waals surface area contributed by atoms with Crippen LogP contribution in [0.15, 0.2) is 18.2 Å². The number of halogens is 1. The molecule has 1 aliphatic carbocycles. The van der Waals surface area contributed by atoms with Gasteiger partial charge in [0.15, 0.2) is 0 Å². The third-order valence-corrected chi connectivity index (χ3v) is 4.49. The summed E-state index contributed by atoms with van der Waals surface area (Å²) in [5.41, 5.74) is 6.57.